The van der Waals surface area contributed by atoms with E-state index in [2.05, 4.69) is 16.9 Å². The third kappa shape index (κ3) is 4.25. The predicted molar refractivity (Wildman–Crippen MR) is 116 cm³/mol. The first-order chi connectivity index (χ1) is 14.4. The van der Waals surface area contributed by atoms with E-state index >= 15 is 0 Å². The van der Waals surface area contributed by atoms with Gasteiger partial charge < -0.3 is 19.3 Å². The van der Waals surface area contributed by atoms with E-state index in [0.29, 0.717) is 24.8 Å². The van der Waals surface area contributed by atoms with Crippen LogP contribution >= 0.6 is 0 Å². The Hall–Kier alpha value is -3.07. The third-order valence-electron chi connectivity index (χ3n) is 5.20. The number of aliphatic hydroxyl groups is 1. The molecular formula is C21H29N5O4. The minimum Gasteiger partial charge on any atom is -0.491 e. The Balaban J connectivity index is 1.91. The Morgan fingerprint density at radius 2 is 1.83 bits per heavy atom. The number of nitrogens with one attached hydrogen (secondary N) is 1. The lowest BCUT2D eigenvalue weighted by atomic mass is 10.2. The molecule has 3 rings (SSSR count). The molecule has 0 fully saturated rings. The highest BCUT2D eigenvalue weighted by atomic mass is 16.5. The molecule has 1 unspecified atom stereocenters. The number of anilines is 1. The van der Waals surface area contributed by atoms with Crippen molar-refractivity contribution < 1.29 is 9.84 Å². The van der Waals surface area contributed by atoms with Crippen molar-refractivity contribution in [3.63, 3.8) is 0 Å². The second-order valence-electron chi connectivity index (χ2n) is 7.15. The summed E-state index contributed by atoms with van der Waals surface area (Å²) in [5.74, 6) is 1.21. The van der Waals surface area contributed by atoms with Gasteiger partial charge in [-0.2, -0.15) is 4.98 Å². The molecular weight excluding hydrogens is 386 g/mol. The van der Waals surface area contributed by atoms with E-state index in [1.165, 1.54) is 10.1 Å². The summed E-state index contributed by atoms with van der Waals surface area (Å²) in [7, 11) is 1.56. The topological polar surface area (TPSA) is 105 Å². The Morgan fingerprint density at radius 3 is 2.43 bits per heavy atom. The highest BCUT2D eigenvalue weighted by molar-refractivity contribution is 5.74. The summed E-state index contributed by atoms with van der Waals surface area (Å²) in [6.07, 6.45) is 0.0705. The number of H-pyrrole nitrogens is 1. The third-order valence-corrected chi connectivity index (χ3v) is 5.20. The van der Waals surface area contributed by atoms with Crippen molar-refractivity contribution in [1.82, 2.24) is 19.1 Å². The molecule has 2 heterocycles. The molecule has 0 saturated heterocycles. The van der Waals surface area contributed by atoms with Crippen LogP contribution in [0.4, 0.5) is 5.95 Å². The number of hydrogen-bond donors (Lipinski definition) is 2. The highest BCUT2D eigenvalue weighted by Crippen LogP contribution is 2.20. The van der Waals surface area contributed by atoms with Gasteiger partial charge in [0.25, 0.3) is 5.56 Å². The van der Waals surface area contributed by atoms with Crippen LogP contribution in [0, 0.1) is 0 Å². The molecule has 1 aromatic carbocycles. The number of ether oxygens (including phenoxy) is 1. The zero-order valence-electron chi connectivity index (χ0n) is 17.9. The SMILES string of the molecule is CCc1ccc(OCC(O)Cn2c(N(CC)CC)nc3c2c(=O)[nH]c(=O)n3C)cc1. The second-order valence-corrected chi connectivity index (χ2v) is 7.15. The van der Waals surface area contributed by atoms with E-state index in [9.17, 15) is 14.7 Å². The smallest absolute Gasteiger partial charge is 0.329 e. The number of hydrogen-bond acceptors (Lipinski definition) is 6. The number of nitrogens with zero attached hydrogens (tertiary/aromatic N) is 4. The number of rotatable bonds is 9. The minimum absolute atomic E-state index is 0.0620. The van der Waals surface area contributed by atoms with E-state index in [1.54, 1.807) is 11.6 Å². The van der Waals surface area contributed by atoms with Crippen LogP contribution in [0.2, 0.25) is 0 Å². The zero-order valence-corrected chi connectivity index (χ0v) is 17.9. The van der Waals surface area contributed by atoms with Crippen LogP contribution in [0.15, 0.2) is 33.9 Å². The Bertz CT molecular complexity index is 1110. The van der Waals surface area contributed by atoms with Gasteiger partial charge in [-0.3, -0.25) is 14.3 Å². The number of benzene rings is 1. The first-order valence-electron chi connectivity index (χ1n) is 10.2. The highest BCUT2D eigenvalue weighted by Gasteiger charge is 2.22. The fourth-order valence-corrected chi connectivity index (χ4v) is 3.42. The molecule has 0 amide bonds. The monoisotopic (exact) mass is 415 g/mol. The molecule has 0 aliphatic rings. The fraction of sp³-hybridized carbons (Fsp3) is 0.476. The van der Waals surface area contributed by atoms with E-state index in [4.69, 9.17) is 4.74 Å². The number of imidazole rings is 1. The summed E-state index contributed by atoms with van der Waals surface area (Å²) in [4.78, 5) is 33.4. The molecule has 9 heteroatoms. The summed E-state index contributed by atoms with van der Waals surface area (Å²) in [6.45, 7) is 7.55. The maximum atomic E-state index is 12.5. The van der Waals surface area contributed by atoms with Crippen LogP contribution in [0.25, 0.3) is 11.2 Å². The fourth-order valence-electron chi connectivity index (χ4n) is 3.42. The number of aryl methyl sites for hydroxylation is 2. The molecule has 2 N–H and O–H groups in total. The molecule has 1 atom stereocenters. The van der Waals surface area contributed by atoms with Crippen LogP contribution in [0.1, 0.15) is 26.3 Å². The number of fused-ring (bicyclic) bond motifs is 1. The van der Waals surface area contributed by atoms with Gasteiger partial charge in [-0.25, -0.2) is 4.79 Å². The molecule has 30 heavy (non-hydrogen) atoms. The molecule has 0 radical (unpaired) electrons. The molecule has 2 aromatic heterocycles. The van der Waals surface area contributed by atoms with Gasteiger partial charge in [0.1, 0.15) is 18.5 Å². The van der Waals surface area contributed by atoms with E-state index in [1.807, 2.05) is 43.0 Å². The Morgan fingerprint density at radius 1 is 1.17 bits per heavy atom. The maximum Gasteiger partial charge on any atom is 0.329 e. The first kappa shape index (κ1) is 21.6. The van der Waals surface area contributed by atoms with Gasteiger partial charge in [-0.05, 0) is 38.0 Å². The molecule has 0 aliphatic carbocycles. The van der Waals surface area contributed by atoms with Crippen molar-refractivity contribution in [2.75, 3.05) is 24.6 Å². The molecule has 162 valence electrons. The first-order valence-corrected chi connectivity index (χ1v) is 10.2. The summed E-state index contributed by atoms with van der Waals surface area (Å²) in [5, 5.41) is 10.6. The number of aliphatic hydroxyl groups excluding tert-OH is 1. The average Bonchev–Trinajstić information content (AvgIpc) is 3.11. The maximum absolute atomic E-state index is 12.5. The van der Waals surface area contributed by atoms with Gasteiger partial charge in [0.05, 0.1) is 6.54 Å². The van der Waals surface area contributed by atoms with Gasteiger partial charge in [0.2, 0.25) is 5.95 Å². The molecule has 0 aliphatic heterocycles. The summed E-state index contributed by atoms with van der Waals surface area (Å²) >= 11 is 0. The summed E-state index contributed by atoms with van der Waals surface area (Å²) < 4.78 is 8.68. The second kappa shape index (κ2) is 9.17. The lowest BCUT2D eigenvalue weighted by molar-refractivity contribution is 0.0936. The van der Waals surface area contributed by atoms with E-state index in [-0.39, 0.29) is 24.3 Å². The van der Waals surface area contributed by atoms with E-state index in [0.717, 1.165) is 6.42 Å². The molecule has 9 nitrogen and oxygen atoms in total. The Labute approximate surface area is 174 Å². The van der Waals surface area contributed by atoms with Crippen LogP contribution in [-0.4, -0.2) is 50.0 Å². The standard InChI is InChI=1S/C21H29N5O4/c1-5-14-8-10-16(11-9-14)30-13-15(27)12-26-17-18(22-20(26)25(6-2)7-3)24(4)21(29)23-19(17)28/h8-11,15,27H,5-7,12-13H2,1-4H3,(H,23,28,29). The quantitative estimate of drug-likeness (QED) is 0.545. The molecule has 0 bridgehead atoms. The summed E-state index contributed by atoms with van der Waals surface area (Å²) in [6, 6.07) is 7.73. The van der Waals surface area contributed by atoms with Crippen molar-refractivity contribution in [3.8, 4) is 5.75 Å². The van der Waals surface area contributed by atoms with Crippen molar-refractivity contribution in [2.45, 2.75) is 39.8 Å². The minimum atomic E-state index is -0.876. The Kier molecular flexibility index (Phi) is 6.61. The van der Waals surface area contributed by atoms with Crippen LogP contribution in [0.3, 0.4) is 0 Å². The molecule has 3 aromatic rings. The molecule has 0 spiro atoms. The van der Waals surface area contributed by atoms with E-state index < -0.39 is 17.4 Å². The van der Waals surface area contributed by atoms with Gasteiger partial charge in [-0.15, -0.1) is 0 Å². The zero-order chi connectivity index (χ0) is 21.8. The van der Waals surface area contributed by atoms with Crippen molar-refractivity contribution >= 4 is 17.1 Å². The predicted octanol–water partition coefficient (Wildman–Crippen LogP) is 1.27. The van der Waals surface area contributed by atoms with Gasteiger partial charge in [0.15, 0.2) is 11.2 Å². The normalized spacial score (nSPS) is 12.3. The van der Waals surface area contributed by atoms with Crippen LogP contribution in [-0.2, 0) is 20.0 Å². The number of aromatic nitrogens is 4. The van der Waals surface area contributed by atoms with Crippen molar-refractivity contribution in [3.05, 3.63) is 50.7 Å². The van der Waals surface area contributed by atoms with Crippen LogP contribution < -0.4 is 20.9 Å². The van der Waals surface area contributed by atoms with Crippen molar-refractivity contribution in [1.29, 1.82) is 0 Å². The van der Waals surface area contributed by atoms with Gasteiger partial charge in [-0.1, -0.05) is 19.1 Å². The average molecular weight is 415 g/mol. The van der Waals surface area contributed by atoms with Crippen LogP contribution in [0.5, 0.6) is 5.75 Å². The number of aromatic amines is 1. The summed E-state index contributed by atoms with van der Waals surface area (Å²) in [5.41, 5.74) is 0.700. The lowest BCUT2D eigenvalue weighted by Gasteiger charge is -2.22. The lowest BCUT2D eigenvalue weighted by Crippen LogP contribution is -2.32. The largest absolute Gasteiger partial charge is 0.491 e. The van der Waals surface area contributed by atoms with Gasteiger partial charge in [0, 0.05) is 20.1 Å². The van der Waals surface area contributed by atoms with Crippen molar-refractivity contribution in [2.24, 2.45) is 7.05 Å². The van der Waals surface area contributed by atoms with Gasteiger partial charge >= 0.3 is 5.69 Å². The molecule has 0 saturated carbocycles.